The largest absolute Gasteiger partial charge is 0.348 e. The van der Waals surface area contributed by atoms with Gasteiger partial charge in [0.1, 0.15) is 0 Å². The molecule has 3 rings (SSSR count). The minimum absolute atomic E-state index is 0.0214. The van der Waals surface area contributed by atoms with Gasteiger partial charge in [-0.1, -0.05) is 24.3 Å². The number of hydrogen-bond donors (Lipinski definition) is 1. The smallest absolute Gasteiger partial charge is 0.269 e. The van der Waals surface area contributed by atoms with Crippen molar-refractivity contribution in [2.75, 3.05) is 0 Å². The third kappa shape index (κ3) is 5.37. The summed E-state index contributed by atoms with van der Waals surface area (Å²) in [5.41, 5.74) is 2.90. The van der Waals surface area contributed by atoms with Crippen molar-refractivity contribution in [3.05, 3.63) is 100 Å². The van der Waals surface area contributed by atoms with E-state index < -0.39 is 4.92 Å². The molecule has 0 atom stereocenters. The topological polar surface area (TPSA) is 90.1 Å². The molecule has 7 nitrogen and oxygen atoms in total. The molecule has 0 aliphatic rings. The summed E-state index contributed by atoms with van der Waals surface area (Å²) in [5, 5.41) is 13.4. The first kappa shape index (κ1) is 18.1. The molecule has 0 aliphatic heterocycles. The molecule has 136 valence electrons. The van der Waals surface area contributed by atoms with Gasteiger partial charge >= 0.3 is 0 Å². The number of rotatable bonds is 7. The number of non-ortho nitro benzene ring substituents is 1. The Hall–Kier alpha value is -3.74. The highest BCUT2D eigenvalue weighted by molar-refractivity contribution is 5.91. The number of carbonyl (C=O) groups is 1. The summed E-state index contributed by atoms with van der Waals surface area (Å²) >= 11 is 0. The van der Waals surface area contributed by atoms with Gasteiger partial charge < -0.3 is 9.88 Å². The lowest BCUT2D eigenvalue weighted by Crippen LogP contribution is -2.20. The number of amides is 1. The van der Waals surface area contributed by atoms with Gasteiger partial charge in [0.15, 0.2) is 0 Å². The number of nitro benzene ring substituents is 1. The average Bonchev–Trinajstić information content (AvgIpc) is 3.19. The van der Waals surface area contributed by atoms with Gasteiger partial charge in [-0.3, -0.25) is 14.9 Å². The molecule has 0 radical (unpaired) electrons. The zero-order valence-electron chi connectivity index (χ0n) is 14.5. The quantitative estimate of drug-likeness (QED) is 0.397. The van der Waals surface area contributed by atoms with Gasteiger partial charge in [-0.2, -0.15) is 0 Å². The van der Waals surface area contributed by atoms with E-state index in [1.807, 2.05) is 35.0 Å². The van der Waals surface area contributed by atoms with Crippen molar-refractivity contribution in [1.29, 1.82) is 0 Å². The summed E-state index contributed by atoms with van der Waals surface area (Å²) in [5.74, 6) is -0.226. The molecular weight excluding hydrogens is 344 g/mol. The lowest BCUT2D eigenvalue weighted by Gasteiger charge is -2.06. The Labute approximate surface area is 156 Å². The predicted octanol–water partition coefficient (Wildman–Crippen LogP) is 3.17. The summed E-state index contributed by atoms with van der Waals surface area (Å²) < 4.78 is 1.99. The van der Waals surface area contributed by atoms with E-state index in [0.29, 0.717) is 6.54 Å². The zero-order chi connectivity index (χ0) is 19.1. The zero-order valence-corrected chi connectivity index (χ0v) is 14.5. The van der Waals surface area contributed by atoms with Crippen LogP contribution in [-0.4, -0.2) is 20.4 Å². The van der Waals surface area contributed by atoms with Crippen molar-refractivity contribution in [1.82, 2.24) is 14.9 Å². The van der Waals surface area contributed by atoms with Crippen molar-refractivity contribution in [2.45, 2.75) is 13.1 Å². The van der Waals surface area contributed by atoms with Crippen molar-refractivity contribution in [3.63, 3.8) is 0 Å². The van der Waals surface area contributed by atoms with Crippen LogP contribution >= 0.6 is 0 Å². The Kier molecular flexibility index (Phi) is 5.73. The van der Waals surface area contributed by atoms with E-state index in [9.17, 15) is 14.9 Å². The Bertz CT molecular complexity index is 930. The molecule has 2 aromatic carbocycles. The summed E-state index contributed by atoms with van der Waals surface area (Å²) in [7, 11) is 0. The first-order valence-corrected chi connectivity index (χ1v) is 8.34. The van der Waals surface area contributed by atoms with E-state index in [-0.39, 0.29) is 11.6 Å². The van der Waals surface area contributed by atoms with Crippen LogP contribution in [-0.2, 0) is 17.9 Å². The van der Waals surface area contributed by atoms with E-state index in [0.717, 1.165) is 23.2 Å². The minimum atomic E-state index is -0.457. The molecule has 27 heavy (non-hydrogen) atoms. The van der Waals surface area contributed by atoms with Crippen molar-refractivity contribution < 1.29 is 9.72 Å². The summed E-state index contributed by atoms with van der Waals surface area (Å²) in [6.45, 7) is 1.18. The molecule has 0 unspecified atom stereocenters. The van der Waals surface area contributed by atoms with Crippen LogP contribution in [0.1, 0.15) is 16.7 Å². The molecule has 0 saturated carbocycles. The number of carbonyl (C=O) groups excluding carboxylic acids is 1. The van der Waals surface area contributed by atoms with Gasteiger partial charge in [-0.05, 0) is 34.9 Å². The Morgan fingerprint density at radius 2 is 1.81 bits per heavy atom. The van der Waals surface area contributed by atoms with Gasteiger partial charge in [0.25, 0.3) is 5.69 Å². The number of aromatic nitrogens is 2. The van der Waals surface area contributed by atoms with Crippen molar-refractivity contribution in [3.8, 4) is 0 Å². The highest BCUT2D eigenvalue weighted by Crippen LogP contribution is 2.12. The van der Waals surface area contributed by atoms with Gasteiger partial charge in [-0.25, -0.2) is 4.98 Å². The lowest BCUT2D eigenvalue weighted by atomic mass is 10.1. The predicted molar refractivity (Wildman–Crippen MR) is 102 cm³/mol. The fourth-order valence-electron chi connectivity index (χ4n) is 2.48. The number of nitrogens with one attached hydrogen (secondary N) is 1. The number of nitro groups is 1. The highest BCUT2D eigenvalue weighted by Gasteiger charge is 2.03. The molecule has 0 saturated heterocycles. The number of nitrogens with zero attached hydrogens (tertiary/aromatic N) is 3. The Balaban J connectivity index is 1.49. The van der Waals surface area contributed by atoms with Crippen LogP contribution < -0.4 is 5.32 Å². The van der Waals surface area contributed by atoms with E-state index in [1.165, 1.54) is 18.2 Å². The maximum atomic E-state index is 11.9. The molecule has 0 bridgehead atoms. The average molecular weight is 362 g/mol. The summed E-state index contributed by atoms with van der Waals surface area (Å²) in [6.07, 6.45) is 8.45. The fourth-order valence-corrected chi connectivity index (χ4v) is 2.48. The maximum Gasteiger partial charge on any atom is 0.269 e. The molecule has 1 heterocycles. The molecule has 1 amide bonds. The van der Waals surface area contributed by atoms with Gasteiger partial charge in [0, 0.05) is 43.7 Å². The summed E-state index contributed by atoms with van der Waals surface area (Å²) in [6, 6.07) is 14.0. The van der Waals surface area contributed by atoms with Gasteiger partial charge in [-0.15, -0.1) is 0 Å². The van der Waals surface area contributed by atoms with Crippen molar-refractivity contribution in [2.24, 2.45) is 0 Å². The third-order valence-corrected chi connectivity index (χ3v) is 3.95. The first-order valence-electron chi connectivity index (χ1n) is 8.34. The van der Waals surface area contributed by atoms with Crippen LogP contribution in [0.15, 0.2) is 73.3 Å². The van der Waals surface area contributed by atoms with Crippen LogP contribution in [0, 0.1) is 10.1 Å². The SMILES string of the molecule is O=C(/C=C/c1ccc([N+](=O)[O-])cc1)NCc1ccc(Cn2ccnc2)cc1. The molecule has 0 fully saturated rings. The Morgan fingerprint density at radius 1 is 1.11 bits per heavy atom. The van der Waals surface area contributed by atoms with E-state index in [4.69, 9.17) is 0 Å². The normalized spacial score (nSPS) is 10.8. The molecule has 0 spiro atoms. The second-order valence-electron chi connectivity index (χ2n) is 5.95. The second kappa shape index (κ2) is 8.57. The molecule has 1 N–H and O–H groups in total. The minimum Gasteiger partial charge on any atom is -0.348 e. The van der Waals surface area contributed by atoms with Crippen molar-refractivity contribution >= 4 is 17.7 Å². The molecule has 0 aliphatic carbocycles. The lowest BCUT2D eigenvalue weighted by molar-refractivity contribution is -0.384. The Morgan fingerprint density at radius 3 is 2.44 bits per heavy atom. The van der Waals surface area contributed by atoms with Gasteiger partial charge in [0.05, 0.1) is 11.3 Å². The monoisotopic (exact) mass is 362 g/mol. The van der Waals surface area contributed by atoms with Crippen LogP contribution in [0.25, 0.3) is 6.08 Å². The highest BCUT2D eigenvalue weighted by atomic mass is 16.6. The maximum absolute atomic E-state index is 11.9. The standard InChI is InChI=1S/C20H18N4O3/c25-20(10-7-16-5-8-19(9-6-16)24(26)27)22-13-17-1-3-18(4-2-17)14-23-12-11-21-15-23/h1-12,15H,13-14H2,(H,22,25)/b10-7+. The third-order valence-electron chi connectivity index (χ3n) is 3.95. The first-order chi connectivity index (χ1) is 13.1. The number of hydrogen-bond acceptors (Lipinski definition) is 4. The fraction of sp³-hybridized carbons (Fsp3) is 0.100. The summed E-state index contributed by atoms with van der Waals surface area (Å²) in [4.78, 5) is 26.1. The van der Waals surface area contributed by atoms with Crippen LogP contribution in [0.5, 0.6) is 0 Å². The molecule has 1 aromatic heterocycles. The molecule has 3 aromatic rings. The molecule has 7 heteroatoms. The van der Waals surface area contributed by atoms with Crippen LogP contribution in [0.2, 0.25) is 0 Å². The van der Waals surface area contributed by atoms with Crippen LogP contribution in [0.4, 0.5) is 5.69 Å². The molecular formula is C20H18N4O3. The van der Waals surface area contributed by atoms with Crippen LogP contribution in [0.3, 0.4) is 0 Å². The second-order valence-corrected chi connectivity index (χ2v) is 5.95. The van der Waals surface area contributed by atoms with E-state index in [2.05, 4.69) is 10.3 Å². The van der Waals surface area contributed by atoms with Gasteiger partial charge in [0.2, 0.25) is 5.91 Å². The number of imidazole rings is 1. The number of benzene rings is 2. The van der Waals surface area contributed by atoms with E-state index in [1.54, 1.807) is 30.7 Å². The van der Waals surface area contributed by atoms with E-state index >= 15 is 0 Å².